The quantitative estimate of drug-likeness (QED) is 0.677. The molecular formula is C14H15ClN2O3. The van der Waals surface area contributed by atoms with Gasteiger partial charge in [0.15, 0.2) is 0 Å². The maximum Gasteiger partial charge on any atom is 0.268 e. The lowest BCUT2D eigenvalue weighted by atomic mass is 10.1. The number of phenols is 1. The minimum Gasteiger partial charge on any atom is -0.508 e. The topological polar surface area (TPSA) is 85.3 Å². The number of aliphatic hydroxyl groups excluding tert-OH is 1. The lowest BCUT2D eigenvalue weighted by Crippen LogP contribution is -2.39. The van der Waals surface area contributed by atoms with Gasteiger partial charge in [0.1, 0.15) is 11.4 Å². The number of benzene rings is 1. The van der Waals surface area contributed by atoms with Crippen molar-refractivity contribution in [2.24, 2.45) is 0 Å². The Morgan fingerprint density at radius 1 is 1.35 bits per heavy atom. The second-order valence-corrected chi connectivity index (χ2v) is 4.89. The predicted octanol–water partition coefficient (Wildman–Crippen LogP) is 1.71. The number of phenolic OH excluding ortho intramolecular Hbond substituents is 1. The van der Waals surface area contributed by atoms with Crippen molar-refractivity contribution in [2.75, 3.05) is 6.61 Å². The highest BCUT2D eigenvalue weighted by atomic mass is 35.5. The van der Waals surface area contributed by atoms with E-state index in [0.29, 0.717) is 17.1 Å². The summed E-state index contributed by atoms with van der Waals surface area (Å²) in [4.78, 5) is 14.7. The zero-order valence-electron chi connectivity index (χ0n) is 10.6. The van der Waals surface area contributed by atoms with Gasteiger partial charge in [0.2, 0.25) is 0 Å². The van der Waals surface area contributed by atoms with Crippen LogP contribution >= 0.6 is 11.6 Å². The molecule has 1 heterocycles. The molecule has 0 saturated carbocycles. The Morgan fingerprint density at radius 3 is 2.60 bits per heavy atom. The number of aromatic amines is 1. The third-order valence-corrected chi connectivity index (χ3v) is 3.08. The number of carbonyl (C=O) groups is 1. The van der Waals surface area contributed by atoms with Gasteiger partial charge in [-0.15, -0.1) is 0 Å². The molecule has 0 radical (unpaired) electrons. The van der Waals surface area contributed by atoms with Crippen LogP contribution in [0.25, 0.3) is 0 Å². The van der Waals surface area contributed by atoms with Crippen molar-refractivity contribution in [1.82, 2.24) is 10.3 Å². The number of carbonyl (C=O) groups excluding carboxylic acids is 1. The van der Waals surface area contributed by atoms with E-state index < -0.39 is 6.04 Å². The summed E-state index contributed by atoms with van der Waals surface area (Å²) in [6.45, 7) is -0.180. The molecular weight excluding hydrogens is 280 g/mol. The Bertz CT molecular complexity index is 580. The number of amides is 1. The average Bonchev–Trinajstić information content (AvgIpc) is 2.87. The standard InChI is InChI=1S/C14H15ClN2O3/c15-10-6-13(16-7-10)14(20)17-11(8-18)5-9-1-3-12(19)4-2-9/h1-4,6-7,11,16,18-19H,5,8H2,(H,17,20)/t11-/m0/s1. The zero-order valence-corrected chi connectivity index (χ0v) is 11.4. The Kier molecular flexibility index (Phi) is 4.65. The zero-order chi connectivity index (χ0) is 14.5. The second kappa shape index (κ2) is 6.45. The molecule has 0 saturated heterocycles. The highest BCUT2D eigenvalue weighted by Gasteiger charge is 2.14. The Balaban J connectivity index is 1.98. The number of rotatable bonds is 5. The molecule has 2 aromatic rings. The van der Waals surface area contributed by atoms with Crippen molar-refractivity contribution in [3.8, 4) is 5.75 Å². The van der Waals surface area contributed by atoms with Gasteiger partial charge in [-0.25, -0.2) is 0 Å². The van der Waals surface area contributed by atoms with Crippen molar-refractivity contribution in [3.05, 3.63) is 52.8 Å². The molecule has 6 heteroatoms. The highest BCUT2D eigenvalue weighted by Crippen LogP contribution is 2.12. The summed E-state index contributed by atoms with van der Waals surface area (Å²) in [7, 11) is 0. The van der Waals surface area contributed by atoms with Crippen LogP contribution < -0.4 is 5.32 Å². The number of H-pyrrole nitrogens is 1. The first-order chi connectivity index (χ1) is 9.58. The molecule has 0 bridgehead atoms. The molecule has 0 aliphatic rings. The number of aromatic nitrogens is 1. The first-order valence-electron chi connectivity index (χ1n) is 6.12. The smallest absolute Gasteiger partial charge is 0.268 e. The summed E-state index contributed by atoms with van der Waals surface area (Å²) >= 11 is 5.74. The number of aromatic hydroxyl groups is 1. The maximum atomic E-state index is 11.9. The predicted molar refractivity (Wildman–Crippen MR) is 76.0 cm³/mol. The van der Waals surface area contributed by atoms with Crippen LogP contribution in [0.4, 0.5) is 0 Å². The van der Waals surface area contributed by atoms with Crippen molar-refractivity contribution < 1.29 is 15.0 Å². The van der Waals surface area contributed by atoms with Crippen LogP contribution in [0, 0.1) is 0 Å². The normalized spacial score (nSPS) is 12.1. The maximum absolute atomic E-state index is 11.9. The van der Waals surface area contributed by atoms with Crippen molar-refractivity contribution in [3.63, 3.8) is 0 Å². The largest absolute Gasteiger partial charge is 0.508 e. The summed E-state index contributed by atoms with van der Waals surface area (Å²) in [5, 5.41) is 21.7. The fourth-order valence-electron chi connectivity index (χ4n) is 1.84. The third-order valence-electron chi connectivity index (χ3n) is 2.87. The highest BCUT2D eigenvalue weighted by molar-refractivity contribution is 6.30. The van der Waals surface area contributed by atoms with Crippen molar-refractivity contribution in [2.45, 2.75) is 12.5 Å². The number of nitrogens with one attached hydrogen (secondary N) is 2. The van der Waals surface area contributed by atoms with Gasteiger partial charge in [0.25, 0.3) is 5.91 Å². The Morgan fingerprint density at radius 2 is 2.05 bits per heavy atom. The second-order valence-electron chi connectivity index (χ2n) is 4.46. The monoisotopic (exact) mass is 294 g/mol. The van der Waals surface area contributed by atoms with Crippen LogP contribution in [-0.4, -0.2) is 33.8 Å². The van der Waals surface area contributed by atoms with E-state index in [1.54, 1.807) is 24.3 Å². The van der Waals surface area contributed by atoms with E-state index in [1.807, 2.05) is 0 Å². The van der Waals surface area contributed by atoms with Crippen LogP contribution in [0.5, 0.6) is 5.75 Å². The number of hydrogen-bond donors (Lipinski definition) is 4. The van der Waals surface area contributed by atoms with Gasteiger partial charge in [-0.05, 0) is 30.2 Å². The molecule has 1 aromatic carbocycles. The molecule has 5 nitrogen and oxygen atoms in total. The number of halogens is 1. The molecule has 1 aromatic heterocycles. The van der Waals surface area contributed by atoms with Gasteiger partial charge < -0.3 is 20.5 Å². The van der Waals surface area contributed by atoms with E-state index in [9.17, 15) is 15.0 Å². The van der Waals surface area contributed by atoms with Crippen LogP contribution in [0.3, 0.4) is 0 Å². The van der Waals surface area contributed by atoms with E-state index in [4.69, 9.17) is 11.6 Å². The van der Waals surface area contributed by atoms with Gasteiger partial charge >= 0.3 is 0 Å². The molecule has 4 N–H and O–H groups in total. The molecule has 0 unspecified atom stereocenters. The van der Waals surface area contributed by atoms with E-state index in [0.717, 1.165) is 5.56 Å². The van der Waals surface area contributed by atoms with E-state index >= 15 is 0 Å². The Labute approximate surface area is 121 Å². The van der Waals surface area contributed by atoms with Gasteiger partial charge in [-0.3, -0.25) is 4.79 Å². The molecule has 0 aliphatic carbocycles. The fraction of sp³-hybridized carbons (Fsp3) is 0.214. The van der Waals surface area contributed by atoms with E-state index in [-0.39, 0.29) is 18.3 Å². The molecule has 1 amide bonds. The number of hydrogen-bond acceptors (Lipinski definition) is 3. The summed E-state index contributed by atoms with van der Waals surface area (Å²) in [6, 6.07) is 7.73. The van der Waals surface area contributed by atoms with Crippen LogP contribution in [-0.2, 0) is 6.42 Å². The van der Waals surface area contributed by atoms with Gasteiger partial charge in [-0.2, -0.15) is 0 Å². The third kappa shape index (κ3) is 3.76. The lowest BCUT2D eigenvalue weighted by molar-refractivity contribution is 0.0912. The first kappa shape index (κ1) is 14.4. The van der Waals surface area contributed by atoms with Gasteiger partial charge in [0, 0.05) is 6.20 Å². The molecule has 0 aliphatic heterocycles. The molecule has 106 valence electrons. The van der Waals surface area contributed by atoms with Crippen LogP contribution in [0.15, 0.2) is 36.5 Å². The molecule has 2 rings (SSSR count). The minimum atomic E-state index is -0.408. The van der Waals surface area contributed by atoms with E-state index in [2.05, 4.69) is 10.3 Å². The summed E-state index contributed by atoms with van der Waals surface area (Å²) in [6.07, 6.45) is 1.99. The van der Waals surface area contributed by atoms with Crippen molar-refractivity contribution >= 4 is 17.5 Å². The fourth-order valence-corrected chi connectivity index (χ4v) is 2.00. The Hall–Kier alpha value is -1.98. The van der Waals surface area contributed by atoms with Crippen LogP contribution in [0.2, 0.25) is 5.02 Å². The van der Waals surface area contributed by atoms with Crippen LogP contribution in [0.1, 0.15) is 16.1 Å². The van der Waals surface area contributed by atoms with Crippen molar-refractivity contribution in [1.29, 1.82) is 0 Å². The minimum absolute atomic E-state index is 0.180. The molecule has 1 atom stereocenters. The first-order valence-corrected chi connectivity index (χ1v) is 6.50. The van der Waals surface area contributed by atoms with Gasteiger partial charge in [-0.1, -0.05) is 23.7 Å². The summed E-state index contributed by atoms with van der Waals surface area (Å²) < 4.78 is 0. The SMILES string of the molecule is O=C(N[C@H](CO)Cc1ccc(O)cc1)c1cc(Cl)c[nH]1. The molecule has 0 spiro atoms. The lowest BCUT2D eigenvalue weighted by Gasteiger charge is -2.16. The molecule has 0 fully saturated rings. The average molecular weight is 295 g/mol. The molecule has 20 heavy (non-hydrogen) atoms. The van der Waals surface area contributed by atoms with E-state index in [1.165, 1.54) is 12.3 Å². The number of aliphatic hydroxyl groups is 1. The summed E-state index contributed by atoms with van der Waals surface area (Å²) in [5.41, 5.74) is 1.26. The van der Waals surface area contributed by atoms with Gasteiger partial charge in [0.05, 0.1) is 17.7 Å². The summed E-state index contributed by atoms with van der Waals surface area (Å²) in [5.74, 6) is -0.144.